The summed E-state index contributed by atoms with van der Waals surface area (Å²) in [6, 6.07) is 4.39. The van der Waals surface area contributed by atoms with Crippen molar-refractivity contribution in [1.82, 2.24) is 5.32 Å². The molecule has 0 saturated heterocycles. The van der Waals surface area contributed by atoms with Crippen molar-refractivity contribution in [2.24, 2.45) is 0 Å². The monoisotopic (exact) mass is 322 g/mol. The van der Waals surface area contributed by atoms with Gasteiger partial charge in [0.15, 0.2) is 0 Å². The van der Waals surface area contributed by atoms with Gasteiger partial charge in [-0.05, 0) is 37.5 Å². The topological polar surface area (TPSA) is 35.5 Å². The van der Waals surface area contributed by atoms with E-state index >= 15 is 0 Å². The van der Waals surface area contributed by atoms with Crippen LogP contribution in [-0.4, -0.2) is 30.5 Å². The Kier molecular flexibility index (Phi) is 5.67. The minimum atomic E-state index is 0.201. The highest BCUT2D eigenvalue weighted by Crippen LogP contribution is 2.42. The standard InChI is InChI=1S/C18H30N2OS/c1-6-8-9-18(7-2)12-22-17-11-16(21)15(20(4)5)10-14(17)13(3)19-18/h10-11,13,19,21H,6-9,12H2,1-5H3/t13-,18-/m1/s1. The average molecular weight is 323 g/mol. The Hall–Kier alpha value is -0.870. The number of anilines is 1. The van der Waals surface area contributed by atoms with Gasteiger partial charge in [-0.3, -0.25) is 0 Å². The van der Waals surface area contributed by atoms with E-state index in [2.05, 4.69) is 32.2 Å². The van der Waals surface area contributed by atoms with Crippen molar-refractivity contribution in [3.63, 3.8) is 0 Å². The van der Waals surface area contributed by atoms with Crippen LogP contribution >= 0.6 is 11.8 Å². The van der Waals surface area contributed by atoms with Gasteiger partial charge >= 0.3 is 0 Å². The first-order valence-electron chi connectivity index (χ1n) is 8.37. The third-order valence-electron chi connectivity index (χ3n) is 4.77. The van der Waals surface area contributed by atoms with E-state index in [4.69, 9.17) is 0 Å². The summed E-state index contributed by atoms with van der Waals surface area (Å²) in [4.78, 5) is 3.19. The molecule has 3 nitrogen and oxygen atoms in total. The number of benzene rings is 1. The summed E-state index contributed by atoms with van der Waals surface area (Å²) in [6.45, 7) is 6.79. The summed E-state index contributed by atoms with van der Waals surface area (Å²) in [5.41, 5.74) is 2.40. The van der Waals surface area contributed by atoms with Gasteiger partial charge in [0.25, 0.3) is 0 Å². The lowest BCUT2D eigenvalue weighted by Gasteiger charge is -2.35. The molecule has 0 aromatic heterocycles. The molecule has 1 aromatic rings. The van der Waals surface area contributed by atoms with Crippen molar-refractivity contribution in [3.8, 4) is 5.75 Å². The Bertz CT molecular complexity index is 518. The van der Waals surface area contributed by atoms with E-state index in [1.165, 1.54) is 29.7 Å². The molecule has 1 aliphatic rings. The lowest BCUT2D eigenvalue weighted by atomic mass is 9.90. The van der Waals surface area contributed by atoms with E-state index in [0.29, 0.717) is 11.8 Å². The Labute approximate surface area is 139 Å². The zero-order chi connectivity index (χ0) is 16.3. The summed E-state index contributed by atoms with van der Waals surface area (Å²) < 4.78 is 0. The average Bonchev–Trinajstić information content (AvgIpc) is 2.62. The number of thioether (sulfide) groups is 1. The first-order valence-corrected chi connectivity index (χ1v) is 9.35. The maximum Gasteiger partial charge on any atom is 0.139 e. The Morgan fingerprint density at radius 1 is 1.36 bits per heavy atom. The van der Waals surface area contributed by atoms with Crippen molar-refractivity contribution in [2.75, 3.05) is 24.7 Å². The zero-order valence-electron chi connectivity index (χ0n) is 14.6. The number of unbranched alkanes of at least 4 members (excludes halogenated alkanes) is 1. The predicted molar refractivity (Wildman–Crippen MR) is 97.3 cm³/mol. The van der Waals surface area contributed by atoms with E-state index in [-0.39, 0.29) is 5.54 Å². The van der Waals surface area contributed by atoms with Gasteiger partial charge in [0.05, 0.1) is 5.69 Å². The maximum atomic E-state index is 10.3. The van der Waals surface area contributed by atoms with Crippen LogP contribution in [0.25, 0.3) is 0 Å². The molecule has 124 valence electrons. The van der Waals surface area contributed by atoms with E-state index in [1.54, 1.807) is 0 Å². The molecule has 1 aromatic carbocycles. The van der Waals surface area contributed by atoms with Gasteiger partial charge < -0.3 is 15.3 Å². The quantitative estimate of drug-likeness (QED) is 0.833. The Balaban J connectivity index is 2.34. The van der Waals surface area contributed by atoms with Gasteiger partial charge in [-0.25, -0.2) is 0 Å². The Morgan fingerprint density at radius 3 is 2.68 bits per heavy atom. The number of hydrogen-bond acceptors (Lipinski definition) is 4. The van der Waals surface area contributed by atoms with Crippen LogP contribution in [-0.2, 0) is 0 Å². The Morgan fingerprint density at radius 2 is 2.09 bits per heavy atom. The van der Waals surface area contributed by atoms with Crippen molar-refractivity contribution < 1.29 is 5.11 Å². The van der Waals surface area contributed by atoms with Gasteiger partial charge in [-0.15, -0.1) is 11.8 Å². The molecule has 22 heavy (non-hydrogen) atoms. The summed E-state index contributed by atoms with van der Waals surface area (Å²) in [7, 11) is 3.95. The SMILES string of the molecule is CCCC[C@]1(CC)CSc2cc(O)c(N(C)C)cc2[C@@H](C)N1. The second-order valence-electron chi connectivity index (χ2n) is 6.67. The number of nitrogens with zero attached hydrogens (tertiary/aromatic N) is 1. The molecule has 0 spiro atoms. The molecule has 2 atom stereocenters. The van der Waals surface area contributed by atoms with E-state index in [9.17, 15) is 5.11 Å². The number of hydrogen-bond donors (Lipinski definition) is 2. The van der Waals surface area contributed by atoms with Crippen molar-refractivity contribution in [3.05, 3.63) is 17.7 Å². The molecule has 0 radical (unpaired) electrons. The third kappa shape index (κ3) is 3.54. The first-order chi connectivity index (χ1) is 10.4. The van der Waals surface area contributed by atoms with Crippen LogP contribution in [0.2, 0.25) is 0 Å². The molecular weight excluding hydrogens is 292 g/mol. The molecule has 0 fully saturated rings. The fourth-order valence-corrected chi connectivity index (χ4v) is 4.69. The minimum Gasteiger partial charge on any atom is -0.506 e. The molecule has 2 N–H and O–H groups in total. The van der Waals surface area contributed by atoms with Gasteiger partial charge in [-0.1, -0.05) is 26.7 Å². The number of phenols is 1. The number of phenolic OH excluding ortho intramolecular Hbond substituents is 1. The van der Waals surface area contributed by atoms with Gasteiger partial charge in [0.2, 0.25) is 0 Å². The van der Waals surface area contributed by atoms with Gasteiger partial charge in [-0.2, -0.15) is 0 Å². The predicted octanol–water partition coefficient (Wildman–Crippen LogP) is 4.55. The van der Waals surface area contributed by atoms with Crippen LogP contribution < -0.4 is 10.2 Å². The molecule has 1 heterocycles. The number of nitrogens with one attached hydrogen (secondary N) is 1. The van der Waals surface area contributed by atoms with Crippen LogP contribution in [0.15, 0.2) is 17.0 Å². The summed E-state index contributed by atoms with van der Waals surface area (Å²) in [5, 5.41) is 14.2. The molecule has 0 unspecified atom stereocenters. The highest BCUT2D eigenvalue weighted by Gasteiger charge is 2.33. The second-order valence-corrected chi connectivity index (χ2v) is 7.68. The molecule has 0 amide bonds. The summed E-state index contributed by atoms with van der Waals surface area (Å²) in [6.07, 6.45) is 4.86. The van der Waals surface area contributed by atoms with Crippen molar-refractivity contribution in [2.45, 2.75) is 62.9 Å². The fourth-order valence-electron chi connectivity index (χ4n) is 3.23. The van der Waals surface area contributed by atoms with Crippen molar-refractivity contribution >= 4 is 17.4 Å². The van der Waals surface area contributed by atoms with E-state index < -0.39 is 0 Å². The fraction of sp³-hybridized carbons (Fsp3) is 0.667. The lowest BCUT2D eigenvalue weighted by Crippen LogP contribution is -2.47. The number of rotatable bonds is 5. The first kappa shape index (κ1) is 17.5. The zero-order valence-corrected chi connectivity index (χ0v) is 15.4. The van der Waals surface area contributed by atoms with Crippen LogP contribution in [0.1, 0.15) is 58.1 Å². The highest BCUT2D eigenvalue weighted by atomic mass is 32.2. The molecule has 1 aliphatic heterocycles. The van der Waals surface area contributed by atoms with Crippen LogP contribution in [0.3, 0.4) is 0 Å². The summed E-state index contributed by atoms with van der Waals surface area (Å²) in [5.74, 6) is 1.45. The minimum absolute atomic E-state index is 0.201. The van der Waals surface area contributed by atoms with Gasteiger partial charge in [0.1, 0.15) is 5.75 Å². The lowest BCUT2D eigenvalue weighted by molar-refractivity contribution is 0.290. The van der Waals surface area contributed by atoms with E-state index in [1.807, 2.05) is 36.8 Å². The molecule has 0 bridgehead atoms. The van der Waals surface area contributed by atoms with Crippen LogP contribution in [0.4, 0.5) is 5.69 Å². The molecule has 0 aliphatic carbocycles. The molecule has 0 saturated carbocycles. The highest BCUT2D eigenvalue weighted by molar-refractivity contribution is 7.99. The summed E-state index contributed by atoms with van der Waals surface area (Å²) >= 11 is 1.89. The molecule has 4 heteroatoms. The number of fused-ring (bicyclic) bond motifs is 1. The van der Waals surface area contributed by atoms with Crippen LogP contribution in [0.5, 0.6) is 5.75 Å². The van der Waals surface area contributed by atoms with Crippen LogP contribution in [0, 0.1) is 0 Å². The maximum absolute atomic E-state index is 10.3. The van der Waals surface area contributed by atoms with Crippen molar-refractivity contribution in [1.29, 1.82) is 0 Å². The normalized spacial score (nSPS) is 24.7. The number of aromatic hydroxyl groups is 1. The third-order valence-corrected chi connectivity index (χ3v) is 6.13. The smallest absolute Gasteiger partial charge is 0.139 e. The second kappa shape index (κ2) is 7.14. The molecular formula is C18H30N2OS. The molecule has 2 rings (SSSR count). The van der Waals surface area contributed by atoms with Gasteiger partial charge in [0, 0.05) is 36.3 Å². The van der Waals surface area contributed by atoms with E-state index in [0.717, 1.165) is 17.9 Å². The largest absolute Gasteiger partial charge is 0.506 e.